The average molecular weight is 452 g/mol. The predicted octanol–water partition coefficient (Wildman–Crippen LogP) is 5.79. The molecule has 0 radical (unpaired) electrons. The van der Waals surface area contributed by atoms with Gasteiger partial charge in [-0.3, -0.25) is 4.57 Å². The molecule has 3 aromatic rings. The summed E-state index contributed by atoms with van der Waals surface area (Å²) >= 11 is 5.04. The molecular formula is C19H16BrF2N3OS. The van der Waals surface area contributed by atoms with Crippen molar-refractivity contribution in [2.45, 2.75) is 24.1 Å². The fourth-order valence-electron chi connectivity index (χ4n) is 2.46. The molecule has 1 aromatic heterocycles. The van der Waals surface area contributed by atoms with Crippen molar-refractivity contribution < 1.29 is 13.5 Å². The Morgan fingerprint density at radius 3 is 2.63 bits per heavy atom. The topological polar surface area (TPSA) is 39.9 Å². The molecule has 0 amide bonds. The smallest absolute Gasteiger partial charge is 0.387 e. The van der Waals surface area contributed by atoms with E-state index in [1.165, 1.54) is 12.1 Å². The average Bonchev–Trinajstić information content (AvgIpc) is 3.03. The van der Waals surface area contributed by atoms with E-state index in [2.05, 4.69) is 49.6 Å². The van der Waals surface area contributed by atoms with Crippen molar-refractivity contribution in [1.29, 1.82) is 0 Å². The lowest BCUT2D eigenvalue weighted by atomic mass is 10.2. The maximum Gasteiger partial charge on any atom is 0.387 e. The van der Waals surface area contributed by atoms with Gasteiger partial charge in [0.25, 0.3) is 0 Å². The first-order chi connectivity index (χ1) is 13.1. The summed E-state index contributed by atoms with van der Waals surface area (Å²) in [5.41, 5.74) is 1.93. The minimum absolute atomic E-state index is 0.104. The third-order valence-corrected chi connectivity index (χ3v) is 5.15. The highest BCUT2D eigenvalue weighted by Crippen LogP contribution is 2.28. The molecule has 0 unspecified atom stereocenters. The first-order valence-electron chi connectivity index (χ1n) is 8.03. The fourth-order valence-corrected chi connectivity index (χ4v) is 3.80. The van der Waals surface area contributed by atoms with Gasteiger partial charge in [-0.15, -0.1) is 16.8 Å². The SMILES string of the molecule is C=CCn1c(SCc2cccc(Br)c2)nnc1-c1ccc(OC(F)F)cc1. The van der Waals surface area contributed by atoms with Crippen LogP contribution in [0.5, 0.6) is 5.75 Å². The molecule has 0 saturated carbocycles. The molecule has 0 spiro atoms. The highest BCUT2D eigenvalue weighted by atomic mass is 79.9. The first kappa shape index (κ1) is 19.6. The maximum atomic E-state index is 12.3. The zero-order chi connectivity index (χ0) is 19.2. The Balaban J connectivity index is 1.81. The zero-order valence-electron chi connectivity index (χ0n) is 14.2. The fraction of sp³-hybridized carbons (Fsp3) is 0.158. The van der Waals surface area contributed by atoms with Gasteiger partial charge in [0, 0.05) is 22.3 Å². The van der Waals surface area contributed by atoms with Gasteiger partial charge < -0.3 is 4.74 Å². The predicted molar refractivity (Wildman–Crippen MR) is 106 cm³/mol. The maximum absolute atomic E-state index is 12.3. The second-order valence-corrected chi connectivity index (χ2v) is 7.39. The van der Waals surface area contributed by atoms with Crippen molar-refractivity contribution in [3.8, 4) is 17.1 Å². The molecule has 0 atom stereocenters. The Kier molecular flexibility index (Phi) is 6.63. The molecule has 0 bridgehead atoms. The minimum atomic E-state index is -2.85. The molecule has 2 aromatic carbocycles. The van der Waals surface area contributed by atoms with Crippen LogP contribution >= 0.6 is 27.7 Å². The number of alkyl halides is 2. The van der Waals surface area contributed by atoms with Gasteiger partial charge in [0.15, 0.2) is 11.0 Å². The lowest BCUT2D eigenvalue weighted by Gasteiger charge is -2.09. The van der Waals surface area contributed by atoms with Gasteiger partial charge >= 0.3 is 6.61 Å². The van der Waals surface area contributed by atoms with Crippen LogP contribution in [0.15, 0.2) is 70.8 Å². The largest absolute Gasteiger partial charge is 0.435 e. The molecule has 27 heavy (non-hydrogen) atoms. The van der Waals surface area contributed by atoms with Gasteiger partial charge in [-0.05, 0) is 42.0 Å². The molecule has 3 rings (SSSR count). The van der Waals surface area contributed by atoms with Crippen LogP contribution in [0.3, 0.4) is 0 Å². The second-order valence-electron chi connectivity index (χ2n) is 5.53. The van der Waals surface area contributed by atoms with Crippen LogP contribution in [0.2, 0.25) is 0 Å². The number of allylic oxidation sites excluding steroid dienone is 1. The number of nitrogens with zero attached hydrogens (tertiary/aromatic N) is 3. The second kappa shape index (κ2) is 9.14. The van der Waals surface area contributed by atoms with Crippen molar-refractivity contribution in [3.05, 3.63) is 71.2 Å². The number of hydrogen-bond donors (Lipinski definition) is 0. The molecule has 8 heteroatoms. The molecule has 0 N–H and O–H groups in total. The Labute approximate surface area is 168 Å². The number of rotatable bonds is 8. The molecule has 1 heterocycles. The summed E-state index contributed by atoms with van der Waals surface area (Å²) in [6.07, 6.45) is 1.77. The van der Waals surface area contributed by atoms with Gasteiger partial charge in [0.05, 0.1) is 0 Å². The quantitative estimate of drug-likeness (QED) is 0.321. The van der Waals surface area contributed by atoms with Crippen LogP contribution in [-0.2, 0) is 12.3 Å². The zero-order valence-corrected chi connectivity index (χ0v) is 16.6. The van der Waals surface area contributed by atoms with Gasteiger partial charge in [-0.1, -0.05) is 45.9 Å². The van der Waals surface area contributed by atoms with Crippen LogP contribution in [0.4, 0.5) is 8.78 Å². The number of benzene rings is 2. The Hall–Kier alpha value is -2.19. The molecule has 0 aliphatic heterocycles. The Morgan fingerprint density at radius 1 is 1.19 bits per heavy atom. The lowest BCUT2D eigenvalue weighted by Crippen LogP contribution is -2.02. The summed E-state index contributed by atoms with van der Waals surface area (Å²) < 4.78 is 31.9. The van der Waals surface area contributed by atoms with Crippen LogP contribution in [0.25, 0.3) is 11.4 Å². The molecule has 140 valence electrons. The third-order valence-electron chi connectivity index (χ3n) is 3.62. The highest BCUT2D eigenvalue weighted by molar-refractivity contribution is 9.10. The van der Waals surface area contributed by atoms with Gasteiger partial charge in [-0.25, -0.2) is 0 Å². The lowest BCUT2D eigenvalue weighted by molar-refractivity contribution is -0.0498. The summed E-state index contributed by atoms with van der Waals surface area (Å²) in [6.45, 7) is 1.49. The van der Waals surface area contributed by atoms with Crippen molar-refractivity contribution >= 4 is 27.7 Å². The van der Waals surface area contributed by atoms with Crippen LogP contribution in [0, 0.1) is 0 Å². The molecule has 0 aliphatic carbocycles. The molecule has 0 saturated heterocycles. The molecule has 0 fully saturated rings. The van der Waals surface area contributed by atoms with E-state index >= 15 is 0 Å². The van der Waals surface area contributed by atoms with Gasteiger partial charge in [0.2, 0.25) is 0 Å². The van der Waals surface area contributed by atoms with E-state index in [1.807, 2.05) is 16.7 Å². The molecule has 0 aliphatic rings. The standard InChI is InChI=1S/C19H16BrF2N3OS/c1-2-10-25-17(14-6-8-16(9-7-14)26-18(21)22)23-24-19(25)27-12-13-4-3-5-15(20)11-13/h2-9,11,18H,1,10,12H2. The van der Waals surface area contributed by atoms with E-state index in [0.717, 1.165) is 26.5 Å². The molecular weight excluding hydrogens is 436 g/mol. The molecule has 4 nitrogen and oxygen atoms in total. The van der Waals surface area contributed by atoms with E-state index in [4.69, 9.17) is 0 Å². The minimum Gasteiger partial charge on any atom is -0.435 e. The van der Waals surface area contributed by atoms with E-state index in [0.29, 0.717) is 12.4 Å². The first-order valence-corrected chi connectivity index (χ1v) is 9.81. The normalized spacial score (nSPS) is 11.0. The van der Waals surface area contributed by atoms with E-state index in [-0.39, 0.29) is 5.75 Å². The summed E-state index contributed by atoms with van der Waals surface area (Å²) in [5, 5.41) is 9.32. The van der Waals surface area contributed by atoms with E-state index in [9.17, 15) is 8.78 Å². The van der Waals surface area contributed by atoms with Gasteiger partial charge in [-0.2, -0.15) is 8.78 Å². The van der Waals surface area contributed by atoms with Crippen LogP contribution in [0.1, 0.15) is 5.56 Å². The van der Waals surface area contributed by atoms with Crippen molar-refractivity contribution in [3.63, 3.8) is 0 Å². The number of ether oxygens (including phenoxy) is 1. The summed E-state index contributed by atoms with van der Waals surface area (Å²) in [4.78, 5) is 0. The number of thioether (sulfide) groups is 1. The number of aromatic nitrogens is 3. The van der Waals surface area contributed by atoms with Crippen LogP contribution in [-0.4, -0.2) is 21.4 Å². The van der Waals surface area contributed by atoms with Crippen molar-refractivity contribution in [1.82, 2.24) is 14.8 Å². The number of hydrogen-bond acceptors (Lipinski definition) is 4. The Morgan fingerprint density at radius 2 is 1.96 bits per heavy atom. The van der Waals surface area contributed by atoms with E-state index < -0.39 is 6.61 Å². The summed E-state index contributed by atoms with van der Waals surface area (Å²) in [6, 6.07) is 14.4. The monoisotopic (exact) mass is 451 g/mol. The summed E-state index contributed by atoms with van der Waals surface area (Å²) in [5.74, 6) is 1.50. The van der Waals surface area contributed by atoms with Crippen molar-refractivity contribution in [2.24, 2.45) is 0 Å². The Bertz CT molecular complexity index is 916. The van der Waals surface area contributed by atoms with Crippen LogP contribution < -0.4 is 4.74 Å². The van der Waals surface area contributed by atoms with Gasteiger partial charge in [0.1, 0.15) is 5.75 Å². The summed E-state index contributed by atoms with van der Waals surface area (Å²) in [7, 11) is 0. The third kappa shape index (κ3) is 5.17. The van der Waals surface area contributed by atoms with Crippen molar-refractivity contribution in [2.75, 3.05) is 0 Å². The van der Waals surface area contributed by atoms with E-state index in [1.54, 1.807) is 30.0 Å². The highest BCUT2D eigenvalue weighted by Gasteiger charge is 2.14. The number of halogens is 3.